The van der Waals surface area contributed by atoms with E-state index in [2.05, 4.69) is 34.4 Å². The highest BCUT2D eigenvalue weighted by Crippen LogP contribution is 2.59. The fourth-order valence-electron chi connectivity index (χ4n) is 7.35. The Morgan fingerprint density at radius 2 is 2.14 bits per heavy atom. The quantitative estimate of drug-likeness (QED) is 0.269. The maximum Gasteiger partial charge on any atom is 0.319 e. The molecule has 4 atom stereocenters. The highest BCUT2D eigenvalue weighted by atomic mass is 35.5. The van der Waals surface area contributed by atoms with E-state index in [9.17, 15) is 4.79 Å². The van der Waals surface area contributed by atoms with E-state index in [0.717, 1.165) is 37.8 Å². The molecule has 2 aliphatic carbocycles. The van der Waals surface area contributed by atoms with E-state index in [1.807, 2.05) is 17.0 Å². The average molecular weight is 601 g/mol. The van der Waals surface area contributed by atoms with Crippen LogP contribution in [0.25, 0.3) is 26.9 Å². The van der Waals surface area contributed by atoms with Gasteiger partial charge in [0.25, 0.3) is 0 Å². The summed E-state index contributed by atoms with van der Waals surface area (Å²) in [4.78, 5) is 31.5. The van der Waals surface area contributed by atoms with E-state index in [1.54, 1.807) is 11.0 Å². The van der Waals surface area contributed by atoms with Gasteiger partial charge in [0.2, 0.25) is 12.5 Å². The third kappa shape index (κ3) is 4.91. The number of aromatic nitrogens is 2. The van der Waals surface area contributed by atoms with E-state index in [-0.39, 0.29) is 36.1 Å². The van der Waals surface area contributed by atoms with Crippen molar-refractivity contribution >= 4 is 34.2 Å². The molecule has 2 aromatic carbocycles. The second-order valence-electron chi connectivity index (χ2n) is 12.2. The zero-order valence-electron chi connectivity index (χ0n) is 24.2. The van der Waals surface area contributed by atoms with Crippen LogP contribution in [0.5, 0.6) is 6.01 Å². The van der Waals surface area contributed by atoms with Crippen LogP contribution in [0.3, 0.4) is 0 Å². The molecule has 10 heteroatoms. The van der Waals surface area contributed by atoms with Crippen LogP contribution in [-0.4, -0.2) is 84.1 Å². The van der Waals surface area contributed by atoms with Gasteiger partial charge in [0.05, 0.1) is 5.02 Å². The van der Waals surface area contributed by atoms with E-state index < -0.39 is 5.82 Å². The van der Waals surface area contributed by atoms with Gasteiger partial charge in [-0.3, -0.25) is 4.79 Å². The first-order valence-corrected chi connectivity index (χ1v) is 15.4. The molecule has 8 nitrogen and oxygen atoms in total. The highest BCUT2D eigenvalue weighted by molar-refractivity contribution is 6.34. The zero-order valence-corrected chi connectivity index (χ0v) is 25.0. The summed E-state index contributed by atoms with van der Waals surface area (Å²) in [5.74, 6) is 0.918. The molecule has 0 spiro atoms. The van der Waals surface area contributed by atoms with Gasteiger partial charge in [-0.2, -0.15) is 9.97 Å². The van der Waals surface area contributed by atoms with Crippen molar-refractivity contribution in [1.82, 2.24) is 19.8 Å². The lowest BCUT2D eigenvalue weighted by molar-refractivity contribution is -0.128. The first-order valence-electron chi connectivity index (χ1n) is 15.0. The summed E-state index contributed by atoms with van der Waals surface area (Å²) in [7, 11) is 2.08. The van der Waals surface area contributed by atoms with Crippen LogP contribution in [-0.2, 0) is 11.2 Å². The van der Waals surface area contributed by atoms with Crippen molar-refractivity contribution in [3.63, 3.8) is 0 Å². The lowest BCUT2D eigenvalue weighted by atomic mass is 9.93. The Bertz CT molecular complexity index is 1670. The molecule has 4 aliphatic rings. The molecule has 0 radical (unpaired) electrons. The highest BCUT2D eigenvalue weighted by Gasteiger charge is 2.46. The van der Waals surface area contributed by atoms with Crippen molar-refractivity contribution in [2.75, 3.05) is 51.3 Å². The number of amides is 1. The van der Waals surface area contributed by atoms with Gasteiger partial charge in [0.1, 0.15) is 24.0 Å². The van der Waals surface area contributed by atoms with Crippen LogP contribution in [0, 0.1) is 18.3 Å². The molecule has 3 aromatic rings. The average Bonchev–Trinajstić information content (AvgIpc) is 3.48. The van der Waals surface area contributed by atoms with Crippen LogP contribution < -0.4 is 9.64 Å². The molecule has 43 heavy (non-hydrogen) atoms. The fourth-order valence-corrected chi connectivity index (χ4v) is 7.64. The zero-order chi connectivity index (χ0) is 29.8. The molecular weight excluding hydrogens is 567 g/mol. The Morgan fingerprint density at radius 1 is 1.28 bits per heavy atom. The number of anilines is 1. The van der Waals surface area contributed by atoms with Crippen LogP contribution in [0.2, 0.25) is 5.02 Å². The molecule has 1 amide bonds. The molecule has 222 valence electrons. The van der Waals surface area contributed by atoms with Crippen molar-refractivity contribution in [1.29, 1.82) is 0 Å². The first-order chi connectivity index (χ1) is 20.9. The number of nitrogens with zero attached hydrogens (tertiary/aromatic N) is 6. The van der Waals surface area contributed by atoms with Gasteiger partial charge < -0.3 is 24.3 Å². The van der Waals surface area contributed by atoms with Crippen molar-refractivity contribution in [2.24, 2.45) is 5.92 Å². The van der Waals surface area contributed by atoms with Gasteiger partial charge >= 0.3 is 6.01 Å². The number of likely N-dealkylation sites (N-methyl/N-ethyl adjacent to an activating group) is 1. The van der Waals surface area contributed by atoms with Gasteiger partial charge in [-0.05, 0) is 79.9 Å². The molecule has 3 heterocycles. The van der Waals surface area contributed by atoms with E-state index in [0.29, 0.717) is 59.9 Å². The third-order valence-electron chi connectivity index (χ3n) is 9.70. The summed E-state index contributed by atoms with van der Waals surface area (Å²) in [6.07, 6.45) is 5.57. The number of fused-ring (bicyclic) bond motifs is 4. The fraction of sp³-hybridized carbons (Fsp3) is 0.455. The largest absolute Gasteiger partial charge is 0.462 e. The Hall–Kier alpha value is -3.74. The van der Waals surface area contributed by atoms with Crippen LogP contribution in [0.1, 0.15) is 36.3 Å². The van der Waals surface area contributed by atoms with Crippen LogP contribution >= 0.6 is 11.6 Å². The SMILES string of the molecule is [C-]#[N+]C[C@H]1CN(c2nc(OC[C@@H]3CCCN3C)nc3c(F)c(-c4cccc5c4C4CC4C5)c(Cl)cc23)CCN1C(=O)C=C. The Morgan fingerprint density at radius 3 is 2.91 bits per heavy atom. The predicted octanol–water partition coefficient (Wildman–Crippen LogP) is 5.34. The molecule has 2 aliphatic heterocycles. The van der Waals surface area contributed by atoms with Crippen molar-refractivity contribution in [2.45, 2.75) is 43.7 Å². The maximum atomic E-state index is 16.8. The second kappa shape index (κ2) is 11.1. The number of halogens is 2. The lowest BCUT2D eigenvalue weighted by Crippen LogP contribution is -2.56. The van der Waals surface area contributed by atoms with Crippen molar-refractivity contribution in [3.8, 4) is 17.1 Å². The van der Waals surface area contributed by atoms with Crippen molar-refractivity contribution in [3.05, 3.63) is 70.3 Å². The van der Waals surface area contributed by atoms with E-state index >= 15 is 4.39 Å². The van der Waals surface area contributed by atoms with E-state index in [4.69, 9.17) is 27.9 Å². The number of hydrogen-bond acceptors (Lipinski definition) is 6. The normalized spacial score (nSPS) is 24.5. The summed E-state index contributed by atoms with van der Waals surface area (Å²) in [6, 6.07) is 7.85. The van der Waals surface area contributed by atoms with Crippen molar-refractivity contribution < 1.29 is 13.9 Å². The lowest BCUT2D eigenvalue weighted by Gasteiger charge is -2.39. The topological polar surface area (TPSA) is 66.2 Å². The number of likely N-dealkylation sites (tertiary alicyclic amines) is 1. The van der Waals surface area contributed by atoms with E-state index in [1.165, 1.54) is 17.2 Å². The minimum Gasteiger partial charge on any atom is -0.462 e. The minimum absolute atomic E-state index is 0.113. The molecule has 1 aromatic heterocycles. The third-order valence-corrected chi connectivity index (χ3v) is 10.00. The summed E-state index contributed by atoms with van der Waals surface area (Å²) in [5, 5.41) is 0.797. The molecule has 3 fully saturated rings. The summed E-state index contributed by atoms with van der Waals surface area (Å²) >= 11 is 6.93. The smallest absolute Gasteiger partial charge is 0.319 e. The molecular formula is C33H34ClFN6O2. The number of carbonyl (C=O) groups is 1. The van der Waals surface area contributed by atoms with Gasteiger partial charge in [-0.1, -0.05) is 36.4 Å². The number of hydrogen-bond donors (Lipinski definition) is 0. The van der Waals surface area contributed by atoms with Crippen LogP contribution in [0.4, 0.5) is 10.2 Å². The van der Waals surface area contributed by atoms with Crippen LogP contribution in [0.15, 0.2) is 36.9 Å². The number of ether oxygens (including phenoxy) is 1. The minimum atomic E-state index is -0.482. The molecule has 7 rings (SSSR count). The predicted molar refractivity (Wildman–Crippen MR) is 165 cm³/mol. The molecule has 2 saturated heterocycles. The molecule has 1 saturated carbocycles. The van der Waals surface area contributed by atoms with Gasteiger partial charge in [-0.15, -0.1) is 0 Å². The van der Waals surface area contributed by atoms with Gasteiger partial charge in [0.15, 0.2) is 5.82 Å². The first kappa shape index (κ1) is 28.1. The van der Waals surface area contributed by atoms with Gasteiger partial charge in [0, 0.05) is 36.6 Å². The summed E-state index contributed by atoms with van der Waals surface area (Å²) in [5.41, 5.74) is 3.87. The number of carbonyl (C=O) groups excluding carboxylic acids is 1. The Labute approximate surface area is 255 Å². The van der Waals surface area contributed by atoms with Gasteiger partial charge in [-0.25, -0.2) is 11.0 Å². The number of benzene rings is 2. The number of piperazine rings is 1. The maximum absolute atomic E-state index is 16.8. The number of rotatable bonds is 7. The Kier molecular flexibility index (Phi) is 7.22. The molecule has 0 N–H and O–H groups in total. The molecule has 2 unspecified atom stereocenters. The summed E-state index contributed by atoms with van der Waals surface area (Å²) in [6.45, 7) is 13.8. The second-order valence-corrected chi connectivity index (χ2v) is 12.6. The monoisotopic (exact) mass is 600 g/mol. The Balaban J connectivity index is 1.33. The standard InChI is InChI=1S/C33H34ClFN6O2/c1-4-27(42)41-12-11-40(17-22(41)16-36-2)32-25-15-26(34)29(23-9-5-7-19-13-20-14-24(20)28(19)23)30(35)31(25)37-33(38-32)43-18-21-8-6-10-39(21)3/h4-5,7,9,15,20-22,24H,1,6,8,10-14,16-18H2,3H3/t20?,21-,22-,24?/m0/s1. The molecule has 0 bridgehead atoms. The summed E-state index contributed by atoms with van der Waals surface area (Å²) < 4.78 is 23.0.